The van der Waals surface area contributed by atoms with Gasteiger partial charge in [0.1, 0.15) is 18.3 Å². The number of sulfonamides is 1. The Bertz CT molecular complexity index is 1440. The Morgan fingerprint density at radius 2 is 1.68 bits per heavy atom. The molecular weight excluding hydrogens is 594 g/mol. The molecule has 0 saturated heterocycles. The van der Waals surface area contributed by atoms with Crippen LogP contribution in [-0.2, 0) is 26.2 Å². The summed E-state index contributed by atoms with van der Waals surface area (Å²) in [5.74, 6) is -0.536. The molecular formula is C30H36BrN3O5S. The van der Waals surface area contributed by atoms with E-state index in [-0.39, 0.29) is 23.0 Å². The van der Waals surface area contributed by atoms with E-state index in [2.05, 4.69) is 21.2 Å². The number of methoxy groups -OCH3 is 1. The zero-order valence-electron chi connectivity index (χ0n) is 23.5. The Labute approximate surface area is 245 Å². The fourth-order valence-corrected chi connectivity index (χ4v) is 6.02. The lowest BCUT2D eigenvalue weighted by molar-refractivity contribution is -0.139. The van der Waals surface area contributed by atoms with Crippen molar-refractivity contribution in [1.82, 2.24) is 10.2 Å². The van der Waals surface area contributed by atoms with Crippen molar-refractivity contribution in [2.75, 3.05) is 24.5 Å². The lowest BCUT2D eigenvalue weighted by Crippen LogP contribution is -2.51. The van der Waals surface area contributed by atoms with Crippen LogP contribution in [0.25, 0.3) is 0 Å². The van der Waals surface area contributed by atoms with E-state index in [0.29, 0.717) is 12.3 Å². The second-order valence-electron chi connectivity index (χ2n) is 9.62. The molecule has 214 valence electrons. The smallest absolute Gasteiger partial charge is 0.264 e. The molecule has 0 aliphatic carbocycles. The first-order valence-corrected chi connectivity index (χ1v) is 15.3. The van der Waals surface area contributed by atoms with Gasteiger partial charge in [0.25, 0.3) is 10.0 Å². The molecule has 3 aromatic carbocycles. The second kappa shape index (κ2) is 13.8. The van der Waals surface area contributed by atoms with Gasteiger partial charge in [-0.15, -0.1) is 0 Å². The Morgan fingerprint density at radius 1 is 1.00 bits per heavy atom. The number of carbonyl (C=O) groups is 2. The van der Waals surface area contributed by atoms with Crippen LogP contribution in [0.4, 0.5) is 5.69 Å². The molecule has 1 atom stereocenters. The van der Waals surface area contributed by atoms with Crippen molar-refractivity contribution < 1.29 is 22.7 Å². The Balaban J connectivity index is 2.09. The molecule has 0 fully saturated rings. The third kappa shape index (κ3) is 7.63. The molecule has 40 heavy (non-hydrogen) atoms. The highest BCUT2D eigenvalue weighted by Gasteiger charge is 2.33. The van der Waals surface area contributed by atoms with Gasteiger partial charge in [-0.05, 0) is 74.7 Å². The van der Waals surface area contributed by atoms with Crippen LogP contribution >= 0.6 is 15.9 Å². The van der Waals surface area contributed by atoms with E-state index in [1.165, 1.54) is 24.1 Å². The predicted molar refractivity (Wildman–Crippen MR) is 161 cm³/mol. The summed E-state index contributed by atoms with van der Waals surface area (Å²) in [6, 6.07) is 18.2. The lowest BCUT2D eigenvalue weighted by Gasteiger charge is -2.32. The van der Waals surface area contributed by atoms with Crippen molar-refractivity contribution in [3.8, 4) is 5.75 Å². The van der Waals surface area contributed by atoms with Crippen molar-refractivity contribution in [2.24, 2.45) is 0 Å². The summed E-state index contributed by atoms with van der Waals surface area (Å²) in [5.41, 5.74) is 2.73. The first-order valence-electron chi connectivity index (χ1n) is 13.0. The third-order valence-corrected chi connectivity index (χ3v) is 8.72. The molecule has 0 radical (unpaired) electrons. The minimum Gasteiger partial charge on any atom is -0.495 e. The number of hydrogen-bond acceptors (Lipinski definition) is 5. The molecule has 1 N–H and O–H groups in total. The maximum atomic E-state index is 14.0. The van der Waals surface area contributed by atoms with Crippen LogP contribution in [0.2, 0.25) is 0 Å². The standard InChI is InChI=1S/C30H36BrN3O5S/c1-6-16-32-30(36)23(4)33(19-24-8-7-9-25(31)18-24)29(35)20-34(27-17-22(3)12-15-28(27)39-5)40(37,38)26-13-10-21(2)11-14-26/h7-15,17-18,23H,6,16,19-20H2,1-5H3,(H,32,36). The van der Waals surface area contributed by atoms with E-state index in [1.54, 1.807) is 37.3 Å². The molecule has 0 aliphatic rings. The lowest BCUT2D eigenvalue weighted by atomic mass is 10.1. The molecule has 0 aliphatic heterocycles. The zero-order valence-corrected chi connectivity index (χ0v) is 25.9. The first kappa shape index (κ1) is 31.2. The molecule has 0 spiro atoms. The van der Waals surface area contributed by atoms with Crippen LogP contribution in [0.3, 0.4) is 0 Å². The molecule has 1 unspecified atom stereocenters. The summed E-state index contributed by atoms with van der Waals surface area (Å²) >= 11 is 3.46. The Hall–Kier alpha value is -3.37. The molecule has 0 bridgehead atoms. The van der Waals surface area contributed by atoms with Crippen molar-refractivity contribution in [1.29, 1.82) is 0 Å². The number of aryl methyl sites for hydroxylation is 2. The average Bonchev–Trinajstić information content (AvgIpc) is 2.93. The van der Waals surface area contributed by atoms with Gasteiger partial charge in [-0.2, -0.15) is 0 Å². The van der Waals surface area contributed by atoms with Gasteiger partial charge in [0, 0.05) is 17.6 Å². The average molecular weight is 631 g/mol. The third-order valence-electron chi connectivity index (χ3n) is 6.45. The minimum atomic E-state index is -4.19. The largest absolute Gasteiger partial charge is 0.495 e. The van der Waals surface area contributed by atoms with Gasteiger partial charge >= 0.3 is 0 Å². The fourth-order valence-electron chi connectivity index (χ4n) is 4.16. The molecule has 0 saturated carbocycles. The van der Waals surface area contributed by atoms with Crippen molar-refractivity contribution in [2.45, 2.75) is 51.6 Å². The van der Waals surface area contributed by atoms with Gasteiger partial charge in [0.15, 0.2) is 0 Å². The summed E-state index contributed by atoms with van der Waals surface area (Å²) in [7, 11) is -2.74. The minimum absolute atomic E-state index is 0.0433. The van der Waals surface area contributed by atoms with Gasteiger partial charge in [-0.3, -0.25) is 13.9 Å². The van der Waals surface area contributed by atoms with Gasteiger partial charge in [-0.1, -0.05) is 58.7 Å². The quantitative estimate of drug-likeness (QED) is 0.297. The highest BCUT2D eigenvalue weighted by molar-refractivity contribution is 9.10. The van der Waals surface area contributed by atoms with Crippen LogP contribution in [0.5, 0.6) is 5.75 Å². The van der Waals surface area contributed by atoms with Crippen molar-refractivity contribution in [3.63, 3.8) is 0 Å². The molecule has 0 aromatic heterocycles. The van der Waals surface area contributed by atoms with E-state index in [4.69, 9.17) is 4.74 Å². The first-order chi connectivity index (χ1) is 19.0. The summed E-state index contributed by atoms with van der Waals surface area (Å²) < 4.78 is 35.5. The van der Waals surface area contributed by atoms with Crippen LogP contribution in [0.1, 0.15) is 37.0 Å². The number of anilines is 1. The number of benzene rings is 3. The SMILES string of the molecule is CCCNC(=O)C(C)N(Cc1cccc(Br)c1)C(=O)CN(c1cc(C)ccc1OC)S(=O)(=O)c1ccc(C)cc1. The molecule has 2 amide bonds. The number of nitrogens with one attached hydrogen (secondary N) is 1. The fraction of sp³-hybridized carbons (Fsp3) is 0.333. The maximum absolute atomic E-state index is 14.0. The second-order valence-corrected chi connectivity index (χ2v) is 12.4. The Kier molecular flexibility index (Phi) is 10.8. The van der Waals surface area contributed by atoms with Crippen LogP contribution in [0, 0.1) is 13.8 Å². The number of halogens is 1. The van der Waals surface area contributed by atoms with Gasteiger partial charge in [0.2, 0.25) is 11.8 Å². The van der Waals surface area contributed by atoms with Crippen molar-refractivity contribution >= 4 is 43.5 Å². The topological polar surface area (TPSA) is 96.0 Å². The molecule has 3 rings (SSSR count). The molecule has 3 aromatic rings. The van der Waals surface area contributed by atoms with Crippen LogP contribution in [0.15, 0.2) is 76.1 Å². The highest BCUT2D eigenvalue weighted by Crippen LogP contribution is 2.34. The number of amides is 2. The summed E-state index contributed by atoms with van der Waals surface area (Å²) in [4.78, 5) is 28.5. The molecule has 10 heteroatoms. The number of hydrogen-bond donors (Lipinski definition) is 1. The number of ether oxygens (including phenoxy) is 1. The van der Waals surface area contributed by atoms with E-state index < -0.39 is 28.5 Å². The summed E-state index contributed by atoms with van der Waals surface area (Å²) in [5, 5.41) is 2.84. The van der Waals surface area contributed by atoms with Crippen LogP contribution in [-0.4, -0.2) is 51.4 Å². The summed E-state index contributed by atoms with van der Waals surface area (Å²) in [6.45, 7) is 7.34. The van der Waals surface area contributed by atoms with Crippen LogP contribution < -0.4 is 14.4 Å². The number of nitrogens with zero attached hydrogens (tertiary/aromatic N) is 2. The number of rotatable bonds is 12. The number of carbonyl (C=O) groups excluding carboxylic acids is 2. The highest BCUT2D eigenvalue weighted by atomic mass is 79.9. The van der Waals surface area contributed by atoms with E-state index >= 15 is 0 Å². The maximum Gasteiger partial charge on any atom is 0.264 e. The predicted octanol–water partition coefficient (Wildman–Crippen LogP) is 5.21. The van der Waals surface area contributed by atoms with Crippen molar-refractivity contribution in [3.05, 3.63) is 87.9 Å². The van der Waals surface area contributed by atoms with Gasteiger partial charge in [0.05, 0.1) is 17.7 Å². The Morgan fingerprint density at radius 3 is 2.30 bits per heavy atom. The van der Waals surface area contributed by atoms with E-state index in [0.717, 1.165) is 31.9 Å². The summed E-state index contributed by atoms with van der Waals surface area (Å²) in [6.07, 6.45) is 0.744. The van der Waals surface area contributed by atoms with Gasteiger partial charge < -0.3 is 15.0 Å². The van der Waals surface area contributed by atoms with E-state index in [1.807, 2.05) is 45.0 Å². The van der Waals surface area contributed by atoms with Gasteiger partial charge in [-0.25, -0.2) is 8.42 Å². The monoisotopic (exact) mass is 629 g/mol. The molecule has 0 heterocycles. The normalized spacial score (nSPS) is 11.9. The van der Waals surface area contributed by atoms with E-state index in [9.17, 15) is 18.0 Å². The zero-order chi connectivity index (χ0) is 29.4. The molecule has 8 nitrogen and oxygen atoms in total.